The molecule has 1 amide bonds. The van der Waals surface area contributed by atoms with E-state index in [1.54, 1.807) is 54.6 Å². The summed E-state index contributed by atoms with van der Waals surface area (Å²) in [6, 6.07) is 15.4. The maximum atomic E-state index is 12.0. The van der Waals surface area contributed by atoms with Gasteiger partial charge in [-0.15, -0.1) is 0 Å². The van der Waals surface area contributed by atoms with Gasteiger partial charge in [0.15, 0.2) is 12.2 Å². The minimum Gasteiger partial charge on any atom is -0.450 e. The average molecular weight is 378 g/mol. The van der Waals surface area contributed by atoms with Gasteiger partial charge in [0, 0.05) is 10.2 Å². The highest BCUT2D eigenvalue weighted by Crippen LogP contribution is 2.16. The first-order chi connectivity index (χ1) is 11.0. The predicted molar refractivity (Wildman–Crippen MR) is 89.7 cm³/mol. The van der Waals surface area contributed by atoms with Crippen LogP contribution in [0, 0.1) is 0 Å². The maximum absolute atomic E-state index is 12.0. The van der Waals surface area contributed by atoms with E-state index in [2.05, 4.69) is 21.2 Å². The standard InChI is InChI=1S/C17H16BrNO4/c1-11(16(21)19-14-9-7-13(18)8-10-14)23-17(22)15(20)12-5-3-2-4-6-12/h2-11,15,20H,1H3,(H,19,21)/t11-,15-/m0/s1. The zero-order valence-corrected chi connectivity index (χ0v) is 14.0. The van der Waals surface area contributed by atoms with E-state index in [9.17, 15) is 14.7 Å². The Morgan fingerprint density at radius 1 is 1.09 bits per heavy atom. The van der Waals surface area contributed by atoms with Crippen molar-refractivity contribution in [2.75, 3.05) is 5.32 Å². The van der Waals surface area contributed by atoms with Gasteiger partial charge in [-0.05, 0) is 36.8 Å². The number of hydrogen-bond donors (Lipinski definition) is 2. The Bertz CT molecular complexity index is 673. The van der Waals surface area contributed by atoms with E-state index in [1.807, 2.05) is 0 Å². The highest BCUT2D eigenvalue weighted by molar-refractivity contribution is 9.10. The zero-order chi connectivity index (χ0) is 16.8. The lowest BCUT2D eigenvalue weighted by Crippen LogP contribution is -2.31. The largest absolute Gasteiger partial charge is 0.450 e. The number of amides is 1. The summed E-state index contributed by atoms with van der Waals surface area (Å²) in [6.45, 7) is 1.45. The van der Waals surface area contributed by atoms with Crippen LogP contribution in [0.25, 0.3) is 0 Å². The van der Waals surface area contributed by atoms with E-state index in [-0.39, 0.29) is 0 Å². The summed E-state index contributed by atoms with van der Waals surface area (Å²) in [5, 5.41) is 12.6. The molecule has 2 aromatic carbocycles. The third kappa shape index (κ3) is 4.91. The van der Waals surface area contributed by atoms with Crippen molar-refractivity contribution in [1.82, 2.24) is 0 Å². The second-order valence-electron chi connectivity index (χ2n) is 4.89. The fourth-order valence-corrected chi connectivity index (χ4v) is 2.11. The van der Waals surface area contributed by atoms with Crippen LogP contribution >= 0.6 is 15.9 Å². The number of carbonyl (C=O) groups excluding carboxylic acids is 2. The molecule has 120 valence electrons. The number of halogens is 1. The second-order valence-corrected chi connectivity index (χ2v) is 5.80. The van der Waals surface area contributed by atoms with Crippen LogP contribution in [0.1, 0.15) is 18.6 Å². The lowest BCUT2D eigenvalue weighted by molar-refractivity contribution is -0.162. The molecule has 0 radical (unpaired) electrons. The van der Waals surface area contributed by atoms with Gasteiger partial charge in [-0.3, -0.25) is 4.79 Å². The number of esters is 1. The number of anilines is 1. The molecule has 2 N–H and O–H groups in total. The third-order valence-electron chi connectivity index (χ3n) is 3.11. The molecule has 0 saturated heterocycles. The van der Waals surface area contributed by atoms with Gasteiger partial charge in [-0.1, -0.05) is 46.3 Å². The first-order valence-electron chi connectivity index (χ1n) is 6.97. The van der Waals surface area contributed by atoms with E-state index in [1.165, 1.54) is 6.92 Å². The SMILES string of the molecule is C[C@H](OC(=O)[C@@H](O)c1ccccc1)C(=O)Nc1ccc(Br)cc1. The third-order valence-corrected chi connectivity index (χ3v) is 3.64. The van der Waals surface area contributed by atoms with Crippen LogP contribution in [0.2, 0.25) is 0 Å². The Morgan fingerprint density at radius 3 is 2.30 bits per heavy atom. The summed E-state index contributed by atoms with van der Waals surface area (Å²) in [4.78, 5) is 23.9. The zero-order valence-electron chi connectivity index (χ0n) is 12.4. The van der Waals surface area contributed by atoms with Crippen molar-refractivity contribution < 1.29 is 19.4 Å². The van der Waals surface area contributed by atoms with Gasteiger partial charge in [-0.2, -0.15) is 0 Å². The van der Waals surface area contributed by atoms with E-state index < -0.39 is 24.1 Å². The number of ether oxygens (including phenoxy) is 1. The number of aliphatic hydroxyl groups is 1. The molecule has 0 aliphatic heterocycles. The van der Waals surface area contributed by atoms with Gasteiger partial charge >= 0.3 is 5.97 Å². The quantitative estimate of drug-likeness (QED) is 0.785. The summed E-state index contributed by atoms with van der Waals surface area (Å²) in [7, 11) is 0. The van der Waals surface area contributed by atoms with Crippen molar-refractivity contribution in [2.24, 2.45) is 0 Å². The molecule has 0 aliphatic rings. The second kappa shape index (κ2) is 7.89. The number of aliphatic hydroxyl groups excluding tert-OH is 1. The Labute approximate surface area is 142 Å². The topological polar surface area (TPSA) is 75.6 Å². The van der Waals surface area contributed by atoms with Crippen molar-refractivity contribution in [3.05, 3.63) is 64.6 Å². The Balaban J connectivity index is 1.92. The molecule has 2 atom stereocenters. The number of benzene rings is 2. The predicted octanol–water partition coefficient (Wildman–Crippen LogP) is 3.05. The minimum absolute atomic E-state index is 0.415. The lowest BCUT2D eigenvalue weighted by Gasteiger charge is -2.16. The van der Waals surface area contributed by atoms with Gasteiger partial charge in [0.25, 0.3) is 5.91 Å². The van der Waals surface area contributed by atoms with E-state index >= 15 is 0 Å². The number of carbonyl (C=O) groups is 2. The first-order valence-corrected chi connectivity index (χ1v) is 7.76. The van der Waals surface area contributed by atoms with Gasteiger partial charge < -0.3 is 15.2 Å². The molecule has 0 saturated carbocycles. The molecular weight excluding hydrogens is 362 g/mol. The molecule has 2 rings (SSSR count). The Morgan fingerprint density at radius 2 is 1.70 bits per heavy atom. The molecular formula is C17H16BrNO4. The van der Waals surface area contributed by atoms with Gasteiger partial charge in [0.1, 0.15) is 0 Å². The Kier molecular flexibility index (Phi) is 5.90. The fraction of sp³-hybridized carbons (Fsp3) is 0.176. The number of hydrogen-bond acceptors (Lipinski definition) is 4. The van der Waals surface area contributed by atoms with Gasteiger partial charge in [0.05, 0.1) is 0 Å². The van der Waals surface area contributed by atoms with Crippen molar-refractivity contribution in [2.45, 2.75) is 19.1 Å². The van der Waals surface area contributed by atoms with Crippen LogP contribution in [-0.2, 0) is 14.3 Å². The molecule has 0 heterocycles. The fourth-order valence-electron chi connectivity index (χ4n) is 1.84. The Hall–Kier alpha value is -2.18. The molecule has 5 nitrogen and oxygen atoms in total. The van der Waals surface area contributed by atoms with Gasteiger partial charge in [0.2, 0.25) is 0 Å². The molecule has 6 heteroatoms. The lowest BCUT2D eigenvalue weighted by atomic mass is 10.1. The van der Waals surface area contributed by atoms with E-state index in [0.29, 0.717) is 11.3 Å². The van der Waals surface area contributed by atoms with Crippen LogP contribution in [0.4, 0.5) is 5.69 Å². The highest BCUT2D eigenvalue weighted by atomic mass is 79.9. The van der Waals surface area contributed by atoms with Gasteiger partial charge in [-0.25, -0.2) is 4.79 Å². The smallest absolute Gasteiger partial charge is 0.340 e. The van der Waals surface area contributed by atoms with Crippen LogP contribution < -0.4 is 5.32 Å². The molecule has 0 bridgehead atoms. The summed E-state index contributed by atoms with van der Waals surface area (Å²) >= 11 is 3.30. The molecule has 0 aromatic heterocycles. The molecule has 0 fully saturated rings. The monoisotopic (exact) mass is 377 g/mol. The average Bonchev–Trinajstić information content (AvgIpc) is 2.56. The van der Waals surface area contributed by atoms with Crippen LogP contribution in [0.3, 0.4) is 0 Å². The normalized spacial score (nSPS) is 13.0. The minimum atomic E-state index is -1.42. The van der Waals surface area contributed by atoms with Crippen molar-refractivity contribution in [3.63, 3.8) is 0 Å². The first kappa shape index (κ1) is 17.2. The summed E-state index contributed by atoms with van der Waals surface area (Å²) in [6.07, 6.45) is -2.44. The number of nitrogens with one attached hydrogen (secondary N) is 1. The summed E-state index contributed by atoms with van der Waals surface area (Å²) < 4.78 is 5.90. The van der Waals surface area contributed by atoms with E-state index in [4.69, 9.17) is 4.74 Å². The summed E-state index contributed by atoms with van der Waals surface area (Å²) in [5.74, 6) is -1.34. The van der Waals surface area contributed by atoms with Crippen LogP contribution in [0.5, 0.6) is 0 Å². The number of rotatable bonds is 5. The summed E-state index contributed by atoms with van der Waals surface area (Å²) in [5.41, 5.74) is 1.00. The molecule has 2 aromatic rings. The van der Waals surface area contributed by atoms with E-state index in [0.717, 1.165) is 4.47 Å². The van der Waals surface area contributed by atoms with Crippen molar-refractivity contribution in [1.29, 1.82) is 0 Å². The van der Waals surface area contributed by atoms with Crippen LogP contribution in [-0.4, -0.2) is 23.1 Å². The molecule has 23 heavy (non-hydrogen) atoms. The molecule has 0 unspecified atom stereocenters. The highest BCUT2D eigenvalue weighted by Gasteiger charge is 2.24. The van der Waals surface area contributed by atoms with Crippen LogP contribution in [0.15, 0.2) is 59.1 Å². The molecule has 0 spiro atoms. The maximum Gasteiger partial charge on any atom is 0.340 e. The van der Waals surface area contributed by atoms with Crippen molar-refractivity contribution >= 4 is 33.5 Å². The van der Waals surface area contributed by atoms with Crippen molar-refractivity contribution in [3.8, 4) is 0 Å². The molecule has 0 aliphatic carbocycles.